The van der Waals surface area contributed by atoms with E-state index in [1.54, 1.807) is 7.11 Å². The summed E-state index contributed by atoms with van der Waals surface area (Å²) in [5, 5.41) is 10.7. The summed E-state index contributed by atoms with van der Waals surface area (Å²) in [6.45, 7) is 6.07. The van der Waals surface area contributed by atoms with Crippen LogP contribution in [0.1, 0.15) is 45.6 Å². The molecule has 1 aliphatic carbocycles. The first-order chi connectivity index (χ1) is 16.1. The largest absolute Gasteiger partial charge is 0.497 e. The van der Waals surface area contributed by atoms with Crippen LogP contribution in [-0.2, 0) is 19.4 Å². The zero-order valence-electron chi connectivity index (χ0n) is 19.5. The summed E-state index contributed by atoms with van der Waals surface area (Å²) < 4.78 is 5.35. The number of ether oxygens (including phenoxy) is 1. The predicted molar refractivity (Wildman–Crippen MR) is 129 cm³/mol. The van der Waals surface area contributed by atoms with E-state index in [1.165, 1.54) is 16.7 Å². The Morgan fingerprint density at radius 3 is 2.79 bits per heavy atom. The van der Waals surface area contributed by atoms with Gasteiger partial charge < -0.3 is 10.1 Å². The van der Waals surface area contributed by atoms with Crippen LogP contribution in [0, 0.1) is 12.8 Å². The molecular weight excluding hydrogens is 412 g/mol. The Balaban J connectivity index is 1.16. The topological polar surface area (TPSA) is 70.2 Å². The van der Waals surface area contributed by atoms with E-state index in [4.69, 9.17) is 4.74 Å². The number of aromatic amines is 1. The molecular formula is C27H32N4O2. The van der Waals surface area contributed by atoms with Gasteiger partial charge in [-0.2, -0.15) is 5.10 Å². The highest BCUT2D eigenvalue weighted by molar-refractivity contribution is 5.96. The lowest BCUT2D eigenvalue weighted by Gasteiger charge is -2.32. The summed E-state index contributed by atoms with van der Waals surface area (Å²) in [4.78, 5) is 15.5. The van der Waals surface area contributed by atoms with Gasteiger partial charge in [0.2, 0.25) is 0 Å². The molecule has 0 atom stereocenters. The van der Waals surface area contributed by atoms with Crippen LogP contribution in [0.5, 0.6) is 5.75 Å². The van der Waals surface area contributed by atoms with Crippen LogP contribution in [0.4, 0.5) is 0 Å². The van der Waals surface area contributed by atoms with Gasteiger partial charge in [0.25, 0.3) is 5.91 Å². The molecule has 2 aliphatic rings. The van der Waals surface area contributed by atoms with E-state index in [-0.39, 0.29) is 5.91 Å². The first-order valence-electron chi connectivity index (χ1n) is 11.9. The molecule has 3 aromatic rings. The molecule has 1 saturated heterocycles. The van der Waals surface area contributed by atoms with Gasteiger partial charge in [0.05, 0.1) is 12.8 Å². The highest BCUT2D eigenvalue weighted by Crippen LogP contribution is 2.35. The molecule has 33 heavy (non-hydrogen) atoms. The molecule has 1 aromatic heterocycles. The Morgan fingerprint density at radius 2 is 2.00 bits per heavy atom. The second-order valence-corrected chi connectivity index (χ2v) is 9.30. The van der Waals surface area contributed by atoms with Crippen LogP contribution in [-0.4, -0.2) is 47.7 Å². The van der Waals surface area contributed by atoms with Gasteiger partial charge in [-0.15, -0.1) is 0 Å². The number of H-pyrrole nitrogens is 1. The Morgan fingerprint density at radius 1 is 1.18 bits per heavy atom. The smallest absolute Gasteiger partial charge is 0.269 e. The molecule has 0 unspecified atom stereocenters. The Hall–Kier alpha value is -3.12. The molecule has 1 amide bonds. The maximum Gasteiger partial charge on any atom is 0.269 e. The molecule has 1 aliphatic heterocycles. The second-order valence-electron chi connectivity index (χ2n) is 9.30. The highest BCUT2D eigenvalue weighted by atomic mass is 16.5. The van der Waals surface area contributed by atoms with Crippen molar-refractivity contribution >= 4 is 5.91 Å². The van der Waals surface area contributed by atoms with Gasteiger partial charge in [-0.1, -0.05) is 24.3 Å². The van der Waals surface area contributed by atoms with Crippen LogP contribution in [0.2, 0.25) is 0 Å². The van der Waals surface area contributed by atoms with Crippen molar-refractivity contribution in [1.29, 1.82) is 0 Å². The molecule has 2 N–H and O–H groups in total. The summed E-state index contributed by atoms with van der Waals surface area (Å²) in [6.07, 6.45) is 3.93. The summed E-state index contributed by atoms with van der Waals surface area (Å²) in [5.74, 6) is 1.34. The molecule has 6 heteroatoms. The van der Waals surface area contributed by atoms with Crippen molar-refractivity contribution < 1.29 is 9.53 Å². The Kier molecular flexibility index (Phi) is 6.18. The van der Waals surface area contributed by atoms with Crippen molar-refractivity contribution in [2.75, 3.05) is 26.7 Å². The number of rotatable bonds is 6. The summed E-state index contributed by atoms with van der Waals surface area (Å²) in [6, 6.07) is 14.7. The number of nitrogens with zero attached hydrogens (tertiary/aromatic N) is 2. The lowest BCUT2D eigenvalue weighted by Crippen LogP contribution is -2.38. The van der Waals surface area contributed by atoms with Crippen LogP contribution in [0.15, 0.2) is 42.5 Å². The van der Waals surface area contributed by atoms with Gasteiger partial charge in [0, 0.05) is 24.2 Å². The van der Waals surface area contributed by atoms with Crippen LogP contribution in [0.25, 0.3) is 11.3 Å². The van der Waals surface area contributed by atoms with E-state index >= 15 is 0 Å². The van der Waals surface area contributed by atoms with Gasteiger partial charge in [-0.3, -0.25) is 14.8 Å². The van der Waals surface area contributed by atoms with Gasteiger partial charge in [-0.05, 0) is 86.5 Å². The molecule has 1 fully saturated rings. The molecule has 0 radical (unpaired) electrons. The number of piperidine rings is 1. The predicted octanol–water partition coefficient (Wildman–Crippen LogP) is 4.13. The molecule has 0 bridgehead atoms. The molecule has 2 heterocycles. The third-order valence-electron chi connectivity index (χ3n) is 7.22. The van der Waals surface area contributed by atoms with Crippen molar-refractivity contribution in [2.24, 2.45) is 5.92 Å². The Labute approximate surface area is 195 Å². The number of hydrogen-bond donors (Lipinski definition) is 2. The highest BCUT2D eigenvalue weighted by Gasteiger charge is 2.26. The van der Waals surface area contributed by atoms with E-state index in [2.05, 4.69) is 57.7 Å². The molecule has 0 saturated carbocycles. The van der Waals surface area contributed by atoms with E-state index in [0.29, 0.717) is 11.6 Å². The van der Waals surface area contributed by atoms with Crippen LogP contribution >= 0.6 is 0 Å². The average Bonchev–Trinajstić information content (AvgIpc) is 3.29. The van der Waals surface area contributed by atoms with Crippen molar-refractivity contribution in [2.45, 2.75) is 39.2 Å². The zero-order valence-corrected chi connectivity index (χ0v) is 19.5. The number of amides is 1. The molecule has 5 rings (SSSR count). The number of fused-ring (bicyclic) bond motifs is 3. The quantitative estimate of drug-likeness (QED) is 0.600. The maximum absolute atomic E-state index is 13.0. The summed E-state index contributed by atoms with van der Waals surface area (Å²) >= 11 is 0. The monoisotopic (exact) mass is 444 g/mol. The lowest BCUT2D eigenvalue weighted by atomic mass is 9.88. The van der Waals surface area contributed by atoms with E-state index in [1.807, 2.05) is 12.1 Å². The maximum atomic E-state index is 13.0. The van der Waals surface area contributed by atoms with E-state index in [9.17, 15) is 4.79 Å². The summed E-state index contributed by atoms with van der Waals surface area (Å²) in [7, 11) is 1.68. The lowest BCUT2D eigenvalue weighted by molar-refractivity contribution is 0.0929. The van der Waals surface area contributed by atoms with Crippen molar-refractivity contribution in [3.05, 3.63) is 70.4 Å². The Bertz CT molecular complexity index is 1140. The molecule has 172 valence electrons. The number of carbonyl (C=O) groups excluding carboxylic acids is 1. The van der Waals surface area contributed by atoms with Crippen molar-refractivity contribution in [3.8, 4) is 17.0 Å². The molecule has 2 aromatic carbocycles. The van der Waals surface area contributed by atoms with Gasteiger partial charge in [0.1, 0.15) is 11.4 Å². The fourth-order valence-electron chi connectivity index (χ4n) is 5.12. The average molecular weight is 445 g/mol. The number of benzene rings is 2. The number of aryl methyl sites for hydroxylation is 2. The molecule has 6 nitrogen and oxygen atoms in total. The zero-order chi connectivity index (χ0) is 22.8. The van der Waals surface area contributed by atoms with Gasteiger partial charge in [0.15, 0.2) is 0 Å². The fourth-order valence-corrected chi connectivity index (χ4v) is 5.12. The van der Waals surface area contributed by atoms with Crippen LogP contribution in [0.3, 0.4) is 0 Å². The number of carbonyl (C=O) groups is 1. The normalized spacial score (nSPS) is 16.2. The fraction of sp³-hybridized carbons (Fsp3) is 0.407. The minimum Gasteiger partial charge on any atom is -0.497 e. The van der Waals surface area contributed by atoms with Gasteiger partial charge >= 0.3 is 0 Å². The minimum atomic E-state index is -0.0388. The number of hydrogen-bond acceptors (Lipinski definition) is 4. The number of methoxy groups -OCH3 is 1. The minimum absolute atomic E-state index is 0.0388. The van der Waals surface area contributed by atoms with Crippen LogP contribution < -0.4 is 10.1 Å². The van der Waals surface area contributed by atoms with E-state index < -0.39 is 0 Å². The van der Waals surface area contributed by atoms with Crippen molar-refractivity contribution in [1.82, 2.24) is 20.4 Å². The SMILES string of the molecule is COc1ccc2c(c1)CCc1c-2n[nH]c1C(=O)NCC1CCN(Cc2ccccc2C)CC1. The number of likely N-dealkylation sites (tertiary alicyclic amines) is 1. The first kappa shape index (κ1) is 21.7. The van der Waals surface area contributed by atoms with E-state index in [0.717, 1.165) is 74.4 Å². The third kappa shape index (κ3) is 4.53. The third-order valence-corrected chi connectivity index (χ3v) is 7.22. The standard InChI is InChI=1S/C27H32N4O2/c1-18-5-3-4-6-21(18)17-31-13-11-19(12-14-31)16-28-27(32)26-24-9-7-20-15-22(33-2)8-10-23(20)25(24)29-30-26/h3-6,8,10,15,19H,7,9,11-14,16-17H2,1-2H3,(H,28,32)(H,29,30). The van der Waals surface area contributed by atoms with Gasteiger partial charge in [-0.25, -0.2) is 0 Å². The first-order valence-corrected chi connectivity index (χ1v) is 11.9. The number of aromatic nitrogens is 2. The van der Waals surface area contributed by atoms with Crippen molar-refractivity contribution in [3.63, 3.8) is 0 Å². The number of nitrogens with one attached hydrogen (secondary N) is 2. The second kappa shape index (κ2) is 9.40. The summed E-state index contributed by atoms with van der Waals surface area (Å²) in [5.41, 5.74) is 7.62. The molecule has 0 spiro atoms.